The Hall–Kier alpha value is -2.30. The monoisotopic (exact) mass is 275 g/mol. The Labute approximate surface area is 116 Å². The van der Waals surface area contributed by atoms with E-state index in [0.717, 1.165) is 5.39 Å². The maximum atomic E-state index is 12.1. The average Bonchev–Trinajstić information content (AvgIpc) is 2.45. The van der Waals surface area contributed by atoms with E-state index in [1.807, 2.05) is 13.0 Å². The molecule has 1 heterocycles. The number of esters is 1. The number of rotatable bonds is 4. The Morgan fingerprint density at radius 2 is 2.05 bits per heavy atom. The summed E-state index contributed by atoms with van der Waals surface area (Å²) in [5.74, 6) is 0.0874. The molecule has 0 aliphatic carbocycles. The summed E-state index contributed by atoms with van der Waals surface area (Å²) in [6.45, 7) is 3.84. The van der Waals surface area contributed by atoms with Crippen LogP contribution in [0.3, 0.4) is 0 Å². The number of H-pyrrole nitrogens is 1. The van der Waals surface area contributed by atoms with Crippen LogP contribution in [0.15, 0.2) is 23.0 Å². The summed E-state index contributed by atoms with van der Waals surface area (Å²) in [4.78, 5) is 26.8. The molecule has 0 saturated heterocycles. The molecule has 0 bridgehead atoms. The third-order valence-electron chi connectivity index (χ3n) is 3.16. The molecule has 2 rings (SSSR count). The molecule has 2 aromatic rings. The quantitative estimate of drug-likeness (QED) is 0.869. The average molecular weight is 275 g/mol. The highest BCUT2D eigenvalue weighted by molar-refractivity contribution is 5.97. The fourth-order valence-corrected chi connectivity index (χ4v) is 2.25. The first-order chi connectivity index (χ1) is 9.62. The molecule has 1 aromatic heterocycles. The SMILES string of the molecule is CCOC(=O)c1c(CC)c2cc(OC)ccc2[nH]c1=O. The molecule has 20 heavy (non-hydrogen) atoms. The smallest absolute Gasteiger partial charge is 0.344 e. The zero-order valence-electron chi connectivity index (χ0n) is 11.8. The van der Waals surface area contributed by atoms with Gasteiger partial charge in [0.1, 0.15) is 11.3 Å². The van der Waals surface area contributed by atoms with E-state index in [2.05, 4.69) is 4.98 Å². The van der Waals surface area contributed by atoms with Crippen molar-refractivity contribution in [2.24, 2.45) is 0 Å². The summed E-state index contributed by atoms with van der Waals surface area (Å²) in [6.07, 6.45) is 0.557. The summed E-state index contributed by atoms with van der Waals surface area (Å²) in [5.41, 5.74) is 1.02. The van der Waals surface area contributed by atoms with E-state index in [0.29, 0.717) is 23.3 Å². The summed E-state index contributed by atoms with van der Waals surface area (Å²) < 4.78 is 10.2. The number of aromatic amines is 1. The van der Waals surface area contributed by atoms with Crippen LogP contribution in [-0.4, -0.2) is 24.7 Å². The van der Waals surface area contributed by atoms with Crippen LogP contribution in [0.1, 0.15) is 29.8 Å². The number of hydrogen-bond donors (Lipinski definition) is 1. The van der Waals surface area contributed by atoms with E-state index in [1.54, 1.807) is 26.2 Å². The molecule has 5 heteroatoms. The molecule has 0 unspecified atom stereocenters. The molecule has 0 saturated carbocycles. The van der Waals surface area contributed by atoms with E-state index < -0.39 is 11.5 Å². The van der Waals surface area contributed by atoms with Gasteiger partial charge in [0.15, 0.2) is 0 Å². The molecule has 0 fully saturated rings. The van der Waals surface area contributed by atoms with Crippen molar-refractivity contribution in [1.82, 2.24) is 4.98 Å². The number of hydrogen-bond acceptors (Lipinski definition) is 4. The molecule has 0 aliphatic rings. The number of ether oxygens (including phenoxy) is 2. The van der Waals surface area contributed by atoms with Crippen molar-refractivity contribution in [2.75, 3.05) is 13.7 Å². The Bertz CT molecular complexity index is 703. The fourth-order valence-electron chi connectivity index (χ4n) is 2.25. The number of fused-ring (bicyclic) bond motifs is 1. The zero-order valence-corrected chi connectivity index (χ0v) is 11.8. The van der Waals surface area contributed by atoms with Crippen molar-refractivity contribution in [3.05, 3.63) is 39.7 Å². The van der Waals surface area contributed by atoms with Gasteiger partial charge in [-0.15, -0.1) is 0 Å². The number of methoxy groups -OCH3 is 1. The minimum atomic E-state index is -0.588. The Morgan fingerprint density at radius 3 is 2.65 bits per heavy atom. The second-order valence-corrected chi connectivity index (χ2v) is 4.29. The Balaban J connectivity index is 2.77. The molecule has 1 aromatic carbocycles. The van der Waals surface area contributed by atoms with Crippen molar-refractivity contribution in [1.29, 1.82) is 0 Å². The number of nitrogens with one attached hydrogen (secondary N) is 1. The topological polar surface area (TPSA) is 68.4 Å². The van der Waals surface area contributed by atoms with Crippen molar-refractivity contribution in [2.45, 2.75) is 20.3 Å². The second-order valence-electron chi connectivity index (χ2n) is 4.29. The van der Waals surface area contributed by atoms with Gasteiger partial charge in [-0.05, 0) is 37.1 Å². The van der Waals surface area contributed by atoms with E-state index in [4.69, 9.17) is 9.47 Å². The van der Waals surface area contributed by atoms with Gasteiger partial charge in [0.25, 0.3) is 5.56 Å². The van der Waals surface area contributed by atoms with E-state index in [1.165, 1.54) is 0 Å². The molecule has 0 atom stereocenters. The number of aryl methyl sites for hydroxylation is 1. The minimum Gasteiger partial charge on any atom is -0.497 e. The van der Waals surface area contributed by atoms with Gasteiger partial charge in [-0.3, -0.25) is 4.79 Å². The van der Waals surface area contributed by atoms with Crippen LogP contribution >= 0.6 is 0 Å². The number of pyridine rings is 1. The molecule has 0 spiro atoms. The van der Waals surface area contributed by atoms with Gasteiger partial charge in [0, 0.05) is 10.9 Å². The van der Waals surface area contributed by atoms with Gasteiger partial charge >= 0.3 is 5.97 Å². The fraction of sp³-hybridized carbons (Fsp3) is 0.333. The first-order valence-corrected chi connectivity index (χ1v) is 6.52. The van der Waals surface area contributed by atoms with Crippen LogP contribution in [0.4, 0.5) is 0 Å². The molecule has 1 N–H and O–H groups in total. The van der Waals surface area contributed by atoms with Gasteiger partial charge in [-0.25, -0.2) is 4.79 Å². The predicted octanol–water partition coefficient (Wildman–Crippen LogP) is 2.28. The van der Waals surface area contributed by atoms with Gasteiger partial charge in [0.05, 0.1) is 13.7 Å². The molecule has 0 aliphatic heterocycles. The van der Waals surface area contributed by atoms with Crippen LogP contribution in [0.25, 0.3) is 10.9 Å². The van der Waals surface area contributed by atoms with Crippen molar-refractivity contribution in [3.8, 4) is 5.75 Å². The standard InChI is InChI=1S/C15H17NO4/c1-4-10-11-8-9(19-3)6-7-12(11)16-14(17)13(10)15(18)20-5-2/h6-8H,4-5H2,1-3H3,(H,16,17). The summed E-state index contributed by atoms with van der Waals surface area (Å²) in [7, 11) is 1.57. The van der Waals surface area contributed by atoms with E-state index in [9.17, 15) is 9.59 Å². The van der Waals surface area contributed by atoms with Crippen LogP contribution in [0.5, 0.6) is 5.75 Å². The molecular formula is C15H17NO4. The van der Waals surface area contributed by atoms with Gasteiger partial charge in [-0.2, -0.15) is 0 Å². The molecular weight excluding hydrogens is 258 g/mol. The number of aromatic nitrogens is 1. The van der Waals surface area contributed by atoms with Gasteiger partial charge < -0.3 is 14.5 Å². The predicted molar refractivity (Wildman–Crippen MR) is 76.5 cm³/mol. The first-order valence-electron chi connectivity index (χ1n) is 6.52. The van der Waals surface area contributed by atoms with E-state index >= 15 is 0 Å². The van der Waals surface area contributed by atoms with Crippen LogP contribution in [-0.2, 0) is 11.2 Å². The second kappa shape index (κ2) is 5.77. The lowest BCUT2D eigenvalue weighted by molar-refractivity contribution is 0.0523. The Kier molecular flexibility index (Phi) is 4.08. The highest BCUT2D eigenvalue weighted by atomic mass is 16.5. The summed E-state index contributed by atoms with van der Waals surface area (Å²) in [6, 6.07) is 5.35. The molecule has 0 radical (unpaired) electrons. The van der Waals surface area contributed by atoms with Crippen molar-refractivity contribution < 1.29 is 14.3 Å². The number of carbonyl (C=O) groups excluding carboxylic acids is 1. The highest BCUT2D eigenvalue weighted by Gasteiger charge is 2.19. The number of benzene rings is 1. The number of carbonyl (C=O) groups is 1. The molecule has 106 valence electrons. The van der Waals surface area contributed by atoms with Crippen molar-refractivity contribution in [3.63, 3.8) is 0 Å². The lowest BCUT2D eigenvalue weighted by atomic mass is 10.0. The summed E-state index contributed by atoms with van der Waals surface area (Å²) in [5, 5.41) is 0.800. The third kappa shape index (κ3) is 2.39. The maximum Gasteiger partial charge on any atom is 0.344 e. The minimum absolute atomic E-state index is 0.0788. The largest absolute Gasteiger partial charge is 0.497 e. The lowest BCUT2D eigenvalue weighted by Gasteiger charge is -2.11. The molecule has 0 amide bonds. The Morgan fingerprint density at radius 1 is 1.30 bits per heavy atom. The lowest BCUT2D eigenvalue weighted by Crippen LogP contribution is -2.22. The maximum absolute atomic E-state index is 12.1. The zero-order chi connectivity index (χ0) is 14.7. The summed E-state index contributed by atoms with van der Waals surface area (Å²) >= 11 is 0. The highest BCUT2D eigenvalue weighted by Crippen LogP contribution is 2.24. The van der Waals surface area contributed by atoms with E-state index in [-0.39, 0.29) is 12.2 Å². The molecule has 5 nitrogen and oxygen atoms in total. The van der Waals surface area contributed by atoms with Crippen molar-refractivity contribution >= 4 is 16.9 Å². The van der Waals surface area contributed by atoms with Gasteiger partial charge in [-0.1, -0.05) is 6.92 Å². The first kappa shape index (κ1) is 14.1. The normalized spacial score (nSPS) is 10.6. The van der Waals surface area contributed by atoms with Gasteiger partial charge in [0.2, 0.25) is 0 Å². The van der Waals surface area contributed by atoms with Crippen LogP contribution < -0.4 is 10.3 Å². The van der Waals surface area contributed by atoms with Crippen LogP contribution in [0.2, 0.25) is 0 Å². The third-order valence-corrected chi connectivity index (χ3v) is 3.16. The van der Waals surface area contributed by atoms with Crippen LogP contribution in [0, 0.1) is 0 Å².